The molecule has 1 aliphatic heterocycles. The lowest BCUT2D eigenvalue weighted by Crippen LogP contribution is -2.38. The summed E-state index contributed by atoms with van der Waals surface area (Å²) in [7, 11) is 2.83. The molecular weight excluding hydrogens is 487 g/mol. The number of halogens is 3. The molecule has 1 fully saturated rings. The number of carbonyl (C=O) groups excluding carboxylic acids is 2. The first kappa shape index (κ1) is 26.1. The fourth-order valence-corrected chi connectivity index (χ4v) is 4.45. The molecule has 0 bridgehead atoms. The average molecular weight is 516 g/mol. The number of hydrogen-bond acceptors (Lipinski definition) is 4. The number of nitrogens with one attached hydrogen (secondary N) is 1. The summed E-state index contributed by atoms with van der Waals surface area (Å²) in [5.41, 5.74) is 0.911. The van der Waals surface area contributed by atoms with E-state index in [4.69, 9.17) is 9.47 Å². The normalized spacial score (nSPS) is 14.4. The number of methoxy groups -OCH3 is 1. The van der Waals surface area contributed by atoms with Crippen LogP contribution in [-0.2, 0) is 18.0 Å². The van der Waals surface area contributed by atoms with Crippen molar-refractivity contribution in [3.05, 3.63) is 77.6 Å². The van der Waals surface area contributed by atoms with Crippen LogP contribution >= 0.6 is 0 Å². The Kier molecular flexibility index (Phi) is 7.75. The van der Waals surface area contributed by atoms with Crippen molar-refractivity contribution < 1.29 is 32.2 Å². The highest BCUT2D eigenvalue weighted by Crippen LogP contribution is 2.32. The summed E-state index contributed by atoms with van der Waals surface area (Å²) in [6.07, 6.45) is -3.11. The molecule has 0 atom stereocenters. The summed E-state index contributed by atoms with van der Waals surface area (Å²) in [5, 5.41) is 2.80. The molecule has 1 saturated heterocycles. The third-order valence-electron chi connectivity index (χ3n) is 6.51. The molecule has 3 aromatic rings. The number of nitrogens with zero attached hydrogens (tertiary/aromatic N) is 2. The number of aromatic nitrogens is 1. The van der Waals surface area contributed by atoms with Crippen LogP contribution in [0.1, 0.15) is 40.5 Å². The second kappa shape index (κ2) is 11.0. The maximum absolute atomic E-state index is 13.1. The summed E-state index contributed by atoms with van der Waals surface area (Å²) in [6, 6.07) is 16.6. The zero-order valence-electron chi connectivity index (χ0n) is 20.5. The number of anilines is 1. The largest absolute Gasteiger partial charge is 0.497 e. The van der Waals surface area contributed by atoms with Crippen LogP contribution in [0, 0.1) is 0 Å². The van der Waals surface area contributed by atoms with E-state index in [1.54, 1.807) is 36.3 Å². The minimum Gasteiger partial charge on any atom is -0.497 e. The van der Waals surface area contributed by atoms with Gasteiger partial charge in [-0.15, -0.1) is 0 Å². The third-order valence-corrected chi connectivity index (χ3v) is 6.51. The molecule has 196 valence electrons. The summed E-state index contributed by atoms with van der Waals surface area (Å²) in [6.45, 7) is 0.778. The van der Waals surface area contributed by atoms with Gasteiger partial charge in [0.15, 0.2) is 6.61 Å². The number of hydrogen-bond donors (Lipinski definition) is 1. The van der Waals surface area contributed by atoms with E-state index in [0.29, 0.717) is 43.1 Å². The second-order valence-corrected chi connectivity index (χ2v) is 8.86. The van der Waals surface area contributed by atoms with Gasteiger partial charge in [-0.25, -0.2) is 0 Å². The van der Waals surface area contributed by atoms with Crippen molar-refractivity contribution in [1.29, 1.82) is 0 Å². The molecule has 10 heteroatoms. The van der Waals surface area contributed by atoms with Crippen molar-refractivity contribution in [3.8, 4) is 11.5 Å². The fraction of sp³-hybridized carbons (Fsp3) is 0.333. The zero-order valence-corrected chi connectivity index (χ0v) is 20.5. The van der Waals surface area contributed by atoms with Crippen LogP contribution in [-0.4, -0.2) is 48.1 Å². The van der Waals surface area contributed by atoms with Crippen LogP contribution in [0.5, 0.6) is 11.5 Å². The predicted octanol–water partition coefficient (Wildman–Crippen LogP) is 5.09. The van der Waals surface area contributed by atoms with E-state index in [1.165, 1.54) is 13.1 Å². The Hall–Kier alpha value is -3.95. The number of rotatable bonds is 7. The molecule has 2 amide bonds. The van der Waals surface area contributed by atoms with Crippen molar-refractivity contribution in [2.75, 3.05) is 32.1 Å². The van der Waals surface area contributed by atoms with Crippen molar-refractivity contribution in [3.63, 3.8) is 0 Å². The van der Waals surface area contributed by atoms with Crippen LogP contribution in [0.4, 0.5) is 18.9 Å². The number of ether oxygens (including phenoxy) is 2. The minimum atomic E-state index is -4.50. The van der Waals surface area contributed by atoms with Gasteiger partial charge in [0.1, 0.15) is 22.9 Å². The van der Waals surface area contributed by atoms with Gasteiger partial charge in [0.05, 0.1) is 7.11 Å². The second-order valence-electron chi connectivity index (χ2n) is 8.86. The summed E-state index contributed by atoms with van der Waals surface area (Å²) < 4.78 is 50.7. The van der Waals surface area contributed by atoms with Crippen LogP contribution < -0.4 is 14.8 Å². The Morgan fingerprint density at radius 2 is 1.57 bits per heavy atom. The number of likely N-dealkylation sites (tertiary alicyclic amines) is 1. The quantitative estimate of drug-likeness (QED) is 0.476. The van der Waals surface area contributed by atoms with Gasteiger partial charge < -0.3 is 24.3 Å². The maximum Gasteiger partial charge on any atom is 0.431 e. The SMILES string of the molecule is COc1ccc(OCC(=O)Nc2ccc(C3CCN(C(=O)c4ccc(C(F)(F)F)n4C)CC3)cc2)cc1. The first-order chi connectivity index (χ1) is 17.7. The van der Waals surface area contributed by atoms with Crippen molar-refractivity contribution in [2.45, 2.75) is 24.9 Å². The molecular formula is C27H28F3N3O4. The van der Waals surface area contributed by atoms with Gasteiger partial charge in [-0.05, 0) is 72.9 Å². The Morgan fingerprint density at radius 1 is 0.946 bits per heavy atom. The molecule has 37 heavy (non-hydrogen) atoms. The lowest BCUT2D eigenvalue weighted by molar-refractivity contribution is -0.143. The molecule has 0 saturated carbocycles. The molecule has 7 nitrogen and oxygen atoms in total. The number of benzene rings is 2. The monoisotopic (exact) mass is 515 g/mol. The number of alkyl halides is 3. The van der Waals surface area contributed by atoms with Gasteiger partial charge in [0, 0.05) is 25.8 Å². The lowest BCUT2D eigenvalue weighted by atomic mass is 9.89. The first-order valence-corrected chi connectivity index (χ1v) is 11.8. The van der Waals surface area contributed by atoms with Crippen molar-refractivity contribution in [1.82, 2.24) is 9.47 Å². The van der Waals surface area contributed by atoms with Gasteiger partial charge in [-0.1, -0.05) is 12.1 Å². The first-order valence-electron chi connectivity index (χ1n) is 11.8. The van der Waals surface area contributed by atoms with Crippen molar-refractivity contribution in [2.24, 2.45) is 7.05 Å². The van der Waals surface area contributed by atoms with Crippen LogP contribution in [0.2, 0.25) is 0 Å². The number of piperidine rings is 1. The van der Waals surface area contributed by atoms with Gasteiger partial charge in [0.2, 0.25) is 0 Å². The smallest absolute Gasteiger partial charge is 0.431 e. The van der Waals surface area contributed by atoms with Crippen LogP contribution in [0.3, 0.4) is 0 Å². The highest BCUT2D eigenvalue weighted by atomic mass is 19.4. The van der Waals surface area contributed by atoms with Crippen LogP contribution in [0.25, 0.3) is 0 Å². The molecule has 1 aliphatic rings. The fourth-order valence-electron chi connectivity index (χ4n) is 4.45. The Morgan fingerprint density at radius 3 is 2.14 bits per heavy atom. The summed E-state index contributed by atoms with van der Waals surface area (Å²) in [4.78, 5) is 26.6. The molecule has 1 N–H and O–H groups in total. The highest BCUT2D eigenvalue weighted by Gasteiger charge is 2.36. The van der Waals surface area contributed by atoms with E-state index in [9.17, 15) is 22.8 Å². The maximum atomic E-state index is 13.1. The van der Waals surface area contributed by atoms with Gasteiger partial charge in [-0.3, -0.25) is 9.59 Å². The highest BCUT2D eigenvalue weighted by molar-refractivity contribution is 5.93. The van der Waals surface area contributed by atoms with E-state index in [0.717, 1.165) is 16.2 Å². The molecule has 0 unspecified atom stereocenters. The summed E-state index contributed by atoms with van der Waals surface area (Å²) >= 11 is 0. The van der Waals surface area contributed by atoms with E-state index in [-0.39, 0.29) is 24.1 Å². The van der Waals surface area contributed by atoms with E-state index < -0.39 is 17.8 Å². The Labute approximate surface area is 212 Å². The van der Waals surface area contributed by atoms with Crippen LogP contribution in [0.15, 0.2) is 60.7 Å². The lowest BCUT2D eigenvalue weighted by Gasteiger charge is -2.32. The van der Waals surface area contributed by atoms with Gasteiger partial charge in [-0.2, -0.15) is 13.2 Å². The van der Waals surface area contributed by atoms with E-state index in [2.05, 4.69) is 5.32 Å². The van der Waals surface area contributed by atoms with Crippen molar-refractivity contribution >= 4 is 17.5 Å². The molecule has 0 aliphatic carbocycles. The van der Waals surface area contributed by atoms with Gasteiger partial charge >= 0.3 is 6.18 Å². The number of amides is 2. The van der Waals surface area contributed by atoms with Gasteiger partial charge in [0.25, 0.3) is 11.8 Å². The molecule has 4 rings (SSSR count). The zero-order chi connectivity index (χ0) is 26.6. The summed E-state index contributed by atoms with van der Waals surface area (Å²) in [5.74, 6) is 0.788. The third kappa shape index (κ3) is 6.25. The van der Waals surface area contributed by atoms with E-state index >= 15 is 0 Å². The molecule has 2 aromatic carbocycles. The minimum absolute atomic E-state index is 0.0295. The molecule has 0 spiro atoms. The standard InChI is InChI=1S/C27H28F3N3O4/c1-32-23(11-12-24(32)27(28,29)30)26(35)33-15-13-19(14-16-33)18-3-5-20(6-4-18)31-25(34)17-37-22-9-7-21(36-2)8-10-22/h3-12,19H,13-17H2,1-2H3,(H,31,34). The Balaban J connectivity index is 1.26. The Bertz CT molecular complexity index is 1230. The van der Waals surface area contributed by atoms with E-state index in [1.807, 2.05) is 24.3 Å². The topological polar surface area (TPSA) is 72.8 Å². The molecule has 2 heterocycles. The average Bonchev–Trinajstić information content (AvgIpc) is 3.30. The number of carbonyl (C=O) groups is 2. The predicted molar refractivity (Wildman–Crippen MR) is 132 cm³/mol. The molecule has 0 radical (unpaired) electrons. The molecule has 1 aromatic heterocycles.